The Balaban J connectivity index is 1.06. The van der Waals surface area contributed by atoms with Crippen LogP contribution >= 0.6 is 68.0 Å². The fourth-order valence-electron chi connectivity index (χ4n) is 9.14. The Morgan fingerprint density at radius 3 is 1.96 bits per heavy atom. The van der Waals surface area contributed by atoms with Crippen LogP contribution in [-0.4, -0.2) is 126 Å². The monoisotopic (exact) mass is 1360 g/mol. The van der Waals surface area contributed by atoms with Crippen LogP contribution in [0, 0.1) is 12.8 Å². The van der Waals surface area contributed by atoms with Crippen LogP contribution in [0.1, 0.15) is 111 Å². The van der Waals surface area contributed by atoms with E-state index in [0.717, 1.165) is 68.0 Å². The highest BCUT2D eigenvalue weighted by Gasteiger charge is 2.36. The van der Waals surface area contributed by atoms with Crippen molar-refractivity contribution < 1.29 is 63.9 Å². The molecule has 7 aromatic heterocycles. The average Bonchev–Trinajstić information content (AvgIpc) is 1.61. The first-order chi connectivity index (χ1) is 44.0. The number of carboxylic acid groups (broad SMARTS) is 1. The zero-order valence-corrected chi connectivity index (χ0v) is 52.9. The van der Waals surface area contributed by atoms with E-state index in [1.54, 1.807) is 79.2 Å². The molecule has 1 unspecified atom stereocenters. The molecule has 7 amide bonds. The highest BCUT2D eigenvalue weighted by Crippen LogP contribution is 2.40. The molecule has 13 N–H and O–H groups in total. The number of carboxylic acids is 1. The van der Waals surface area contributed by atoms with Gasteiger partial charge in [0.05, 0.1) is 42.6 Å². The van der Waals surface area contributed by atoms with Gasteiger partial charge in [0.25, 0.3) is 29.5 Å². The number of nitrogens with zero attached hydrogens (tertiary/aromatic N) is 7. The second kappa shape index (κ2) is 28.2. The van der Waals surface area contributed by atoms with Gasteiger partial charge in [-0.25, -0.2) is 39.7 Å². The molecule has 10 bridgehead atoms. The fraction of sp³-hybridized carbons (Fsp3) is 0.203. The van der Waals surface area contributed by atoms with Crippen LogP contribution in [0.15, 0.2) is 118 Å². The van der Waals surface area contributed by atoms with Gasteiger partial charge >= 0.3 is 5.97 Å². The number of aliphatic carboxylic acids is 1. The van der Waals surface area contributed by atoms with Crippen molar-refractivity contribution in [3.63, 3.8) is 0 Å². The third-order valence-electron chi connectivity index (χ3n) is 14.0. The Bertz CT molecular complexity index is 4350. The van der Waals surface area contributed by atoms with E-state index >= 15 is 0 Å². The van der Waals surface area contributed by atoms with Gasteiger partial charge < -0.3 is 63.2 Å². The van der Waals surface area contributed by atoms with Crippen LogP contribution in [-0.2, 0) is 25.6 Å². The Kier molecular flexibility index (Phi) is 20.0. The minimum atomic E-state index is -1.50. The van der Waals surface area contributed by atoms with Gasteiger partial charge in [-0.05, 0) is 42.3 Å². The van der Waals surface area contributed by atoms with Gasteiger partial charge in [0.1, 0.15) is 99.5 Å². The van der Waals surface area contributed by atoms with E-state index in [1.807, 2.05) is 5.32 Å². The molecule has 472 valence electrons. The summed E-state index contributed by atoms with van der Waals surface area (Å²) >= 11 is 6.29. The predicted molar refractivity (Wildman–Crippen MR) is 341 cm³/mol. The van der Waals surface area contributed by atoms with E-state index in [4.69, 9.17) is 30.8 Å². The van der Waals surface area contributed by atoms with Gasteiger partial charge in [-0.2, -0.15) is 0 Å². The number of thiazole rings is 6. The summed E-state index contributed by atoms with van der Waals surface area (Å²) in [6, 6.07) is 12.6. The number of fused-ring (bicyclic) bond motifs is 14. The number of aliphatic hydroxyl groups is 3. The number of aromatic nitrogens is 7. The van der Waals surface area contributed by atoms with E-state index in [2.05, 4.69) is 54.7 Å². The topological polar surface area (TPSA) is 426 Å². The van der Waals surface area contributed by atoms with E-state index in [0.29, 0.717) is 32.3 Å². The molecule has 10 rings (SSSR count). The quantitative estimate of drug-likeness (QED) is 0.0563. The molecule has 2 aromatic carbocycles. The number of hydrogen-bond donors (Lipinski definition) is 12. The van der Waals surface area contributed by atoms with Crippen molar-refractivity contribution in [2.24, 2.45) is 11.7 Å². The average molecular weight is 1360 g/mol. The number of nitrogens with two attached hydrogens (primary N) is 1. The lowest BCUT2D eigenvalue weighted by molar-refractivity contribution is -0.134. The molecule has 0 fully saturated rings. The summed E-state index contributed by atoms with van der Waals surface area (Å²) < 4.78 is 0. The van der Waals surface area contributed by atoms with Gasteiger partial charge in [-0.1, -0.05) is 62.5 Å². The maximum absolute atomic E-state index is 14.8. The number of carbonyl (C=O) groups excluding carboxylic acids is 7. The normalized spacial score (nSPS) is 17.1. The molecule has 8 heterocycles. The molecule has 1 aliphatic rings. The van der Waals surface area contributed by atoms with Gasteiger partial charge in [0.2, 0.25) is 11.8 Å². The van der Waals surface area contributed by atoms with Crippen molar-refractivity contribution in [1.82, 2.24) is 66.8 Å². The summed E-state index contributed by atoms with van der Waals surface area (Å²) in [5, 5.41) is 77.2. The molecule has 1 aliphatic heterocycles. The number of rotatable bonds is 15. The van der Waals surface area contributed by atoms with Crippen molar-refractivity contribution >= 4 is 115 Å². The highest BCUT2D eigenvalue weighted by atomic mass is 32.1. The van der Waals surface area contributed by atoms with Crippen LogP contribution in [0.4, 0.5) is 0 Å². The lowest BCUT2D eigenvalue weighted by Gasteiger charge is -2.28. The van der Waals surface area contributed by atoms with E-state index in [-0.39, 0.29) is 77.1 Å². The van der Waals surface area contributed by atoms with Crippen molar-refractivity contribution in [1.29, 1.82) is 0 Å². The molecule has 27 nitrogen and oxygen atoms in total. The van der Waals surface area contributed by atoms with Crippen LogP contribution in [0.25, 0.3) is 43.4 Å². The van der Waals surface area contributed by atoms with Crippen LogP contribution in [0.5, 0.6) is 5.75 Å². The molecule has 7 atom stereocenters. The maximum Gasteiger partial charge on any atom is 0.351 e. The standard InChI is InChI=1S/C59H52N14O13S6/c1-24(40(76)18-74)42-57-70-39(23-91-57)55-66-35(19-88-55)44-31(14-15-32(63-44)54-68-36(21-89-54)49(81)61-25(2)47(79)62-26(3)59(85)86)53-67-37(20-87-53)51(83)65-34(17-41(60)77)56-73-43(27(4)92-56)52(84)72-45(46(78)29-8-6-5-7-9-29)58-69-38(22-90-58)50(82)64-33(48(80)71-42)16-28-10-12-30(75)13-11-28/h5-15,19-24,33-34,40,42,45-46,74-76,78H,2-3,16-18H2,1,4H3,(H2,60,77)(H,61,81)(H,62,79)(H,64,82)(H,65,83)(H,71,80)(H,72,84)(H,85,86)/t24-,33-,34-,40?,42-,45-,46+/m0/s1. The zero-order chi connectivity index (χ0) is 65.7. The summed E-state index contributed by atoms with van der Waals surface area (Å²) in [4.78, 5) is 141. The minimum Gasteiger partial charge on any atom is -0.508 e. The number of aromatic hydroxyl groups is 1. The molecule has 33 heteroatoms. The smallest absolute Gasteiger partial charge is 0.351 e. The first-order valence-electron chi connectivity index (χ1n) is 27.3. The second-order valence-electron chi connectivity index (χ2n) is 20.5. The molecular formula is C59H52N14O13S6. The number of aliphatic hydroxyl groups excluding tert-OH is 3. The summed E-state index contributed by atoms with van der Waals surface area (Å²) in [5.41, 5.74) is 6.33. The van der Waals surface area contributed by atoms with E-state index in [1.165, 1.54) is 28.3 Å². The number of phenols is 1. The van der Waals surface area contributed by atoms with Crippen LogP contribution in [0.3, 0.4) is 0 Å². The van der Waals surface area contributed by atoms with Gasteiger partial charge in [0.15, 0.2) is 0 Å². The molecule has 9 aromatic rings. The van der Waals surface area contributed by atoms with Gasteiger partial charge in [0, 0.05) is 49.7 Å². The number of hydrogen-bond acceptors (Lipinski definition) is 25. The first-order valence-corrected chi connectivity index (χ1v) is 32.6. The largest absolute Gasteiger partial charge is 0.508 e. The third kappa shape index (κ3) is 14.9. The summed E-state index contributed by atoms with van der Waals surface area (Å²) in [6.07, 6.45) is -3.42. The van der Waals surface area contributed by atoms with Crippen molar-refractivity contribution in [3.05, 3.63) is 172 Å². The van der Waals surface area contributed by atoms with Gasteiger partial charge in [-0.15, -0.1) is 68.0 Å². The highest BCUT2D eigenvalue weighted by molar-refractivity contribution is 7.15. The maximum atomic E-state index is 14.8. The third-order valence-corrected chi connectivity index (χ3v) is 19.6. The minimum absolute atomic E-state index is 0.0523. The predicted octanol–water partition coefficient (Wildman–Crippen LogP) is 5.51. The zero-order valence-electron chi connectivity index (χ0n) is 48.0. The SMILES string of the molecule is C=C(NC(=O)C(=C)NC(=O)c1csc(-c2ccc3c(n2)-c2csc(n2)-c2csc(n2)[C@H]([C@@H](C)C(O)CO)NC(=O)[C@H](Cc2ccc(O)cc2)NC(=O)c2csc(n2)[C@H]([C@H](O)c2ccccc2)NC(=O)c2nc(sc2C)[C@H](CC(N)=O)NC(=O)c2csc-3n2)n1)C(=O)O. The number of pyridine rings is 1. The molecule has 0 saturated heterocycles. The summed E-state index contributed by atoms with van der Waals surface area (Å²) in [7, 11) is 0. The number of phenolic OH excluding ortho intramolecular Hbond substituents is 1. The molecule has 0 radical (unpaired) electrons. The number of amides is 7. The van der Waals surface area contributed by atoms with Crippen molar-refractivity contribution in [2.75, 3.05) is 6.61 Å². The number of aryl methyl sites for hydroxylation is 1. The number of nitrogens with one attached hydrogen (secondary N) is 6. The molecule has 92 heavy (non-hydrogen) atoms. The Morgan fingerprint density at radius 1 is 0.630 bits per heavy atom. The van der Waals surface area contributed by atoms with Gasteiger partial charge in [-0.3, -0.25) is 33.6 Å². The molecule has 0 spiro atoms. The van der Waals surface area contributed by atoms with E-state index in [9.17, 15) is 58.8 Å². The molecular weight excluding hydrogens is 1310 g/mol. The van der Waals surface area contributed by atoms with Crippen molar-refractivity contribution in [2.45, 2.75) is 63.1 Å². The Labute approximate surface area is 545 Å². The van der Waals surface area contributed by atoms with Crippen LogP contribution in [0.2, 0.25) is 0 Å². The Morgan fingerprint density at radius 2 is 1.25 bits per heavy atom. The lowest BCUT2D eigenvalue weighted by atomic mass is 9.95. The summed E-state index contributed by atoms with van der Waals surface area (Å²) in [5.74, 6) is -8.27. The number of carbonyl (C=O) groups is 8. The fourth-order valence-corrected chi connectivity index (χ4v) is 14.4. The number of primary amides is 1. The van der Waals surface area contributed by atoms with Crippen molar-refractivity contribution in [3.8, 4) is 49.1 Å². The van der Waals surface area contributed by atoms with Crippen LogP contribution < -0.4 is 37.6 Å². The summed E-state index contributed by atoms with van der Waals surface area (Å²) in [6.45, 7) is 9.24. The first kappa shape index (κ1) is 65.2. The number of benzene rings is 2. The Hall–Kier alpha value is -9.71. The lowest BCUT2D eigenvalue weighted by Crippen LogP contribution is -2.50. The molecule has 0 saturated carbocycles. The van der Waals surface area contributed by atoms with E-state index < -0.39 is 114 Å². The molecule has 0 aliphatic carbocycles. The second-order valence-corrected chi connectivity index (χ2v) is 26.1.